The van der Waals surface area contributed by atoms with E-state index < -0.39 is 27.7 Å². The first-order valence-corrected chi connectivity index (χ1v) is 10.0. The highest BCUT2D eigenvalue weighted by molar-refractivity contribution is 7.90. The lowest BCUT2D eigenvalue weighted by Gasteiger charge is -2.10. The van der Waals surface area contributed by atoms with E-state index >= 15 is 0 Å². The van der Waals surface area contributed by atoms with Gasteiger partial charge in [-0.2, -0.15) is 8.42 Å². The van der Waals surface area contributed by atoms with Gasteiger partial charge in [0.15, 0.2) is 11.6 Å². The zero-order valence-corrected chi connectivity index (χ0v) is 16.5. The molecule has 0 atom stereocenters. The van der Waals surface area contributed by atoms with E-state index in [1.165, 1.54) is 43.8 Å². The van der Waals surface area contributed by atoms with Crippen LogP contribution in [0.15, 0.2) is 42.9 Å². The van der Waals surface area contributed by atoms with Crippen molar-refractivity contribution in [3.8, 4) is 0 Å². The van der Waals surface area contributed by atoms with Crippen molar-refractivity contribution in [3.05, 3.63) is 70.8 Å². The third-order valence-corrected chi connectivity index (χ3v) is 4.95. The van der Waals surface area contributed by atoms with Crippen molar-refractivity contribution in [2.45, 2.75) is 6.42 Å². The summed E-state index contributed by atoms with van der Waals surface area (Å²) >= 11 is 5.73. The van der Waals surface area contributed by atoms with Gasteiger partial charge >= 0.3 is 0 Å². The van der Waals surface area contributed by atoms with Gasteiger partial charge in [0.05, 0.1) is 17.6 Å². The second kappa shape index (κ2) is 8.64. The van der Waals surface area contributed by atoms with E-state index in [4.69, 9.17) is 11.6 Å². The average Bonchev–Trinajstić information content (AvgIpc) is 2.67. The van der Waals surface area contributed by atoms with E-state index in [2.05, 4.69) is 20.3 Å². The number of pyridine rings is 1. The van der Waals surface area contributed by atoms with Crippen LogP contribution in [-0.4, -0.2) is 30.4 Å². The Morgan fingerprint density at radius 1 is 1.17 bits per heavy atom. The first-order chi connectivity index (χ1) is 13.8. The average molecular weight is 441 g/mol. The van der Waals surface area contributed by atoms with E-state index in [0.717, 1.165) is 6.07 Å². The molecule has 2 aromatic heterocycles. The second-order valence-corrected chi connectivity index (χ2v) is 7.82. The highest BCUT2D eigenvalue weighted by Gasteiger charge is 2.16. The largest absolute Gasteiger partial charge is 0.337 e. The van der Waals surface area contributed by atoms with E-state index in [-0.39, 0.29) is 28.5 Å². The number of hydrogen-bond donors (Lipinski definition) is 3. The van der Waals surface area contributed by atoms with Crippen LogP contribution in [-0.2, 0) is 16.6 Å². The van der Waals surface area contributed by atoms with Gasteiger partial charge in [-0.3, -0.25) is 9.71 Å². The Balaban J connectivity index is 1.82. The Bertz CT molecular complexity index is 1150. The highest BCUT2D eigenvalue weighted by atomic mass is 35.5. The molecule has 0 unspecified atom stereocenters. The predicted molar refractivity (Wildman–Crippen MR) is 105 cm³/mol. The fourth-order valence-corrected chi connectivity index (χ4v) is 3.00. The van der Waals surface area contributed by atoms with Gasteiger partial charge in [-0.1, -0.05) is 11.6 Å². The van der Waals surface area contributed by atoms with Gasteiger partial charge in [-0.05, 0) is 29.8 Å². The van der Waals surface area contributed by atoms with Gasteiger partial charge < -0.3 is 5.32 Å². The molecule has 1 aromatic carbocycles. The van der Waals surface area contributed by atoms with Crippen LogP contribution >= 0.6 is 11.6 Å². The summed E-state index contributed by atoms with van der Waals surface area (Å²) in [6, 6.07) is 5.52. The molecule has 0 saturated heterocycles. The quantitative estimate of drug-likeness (QED) is 0.521. The molecular formula is C17H15ClF2N6O2S. The second-order valence-electron chi connectivity index (χ2n) is 5.76. The lowest BCUT2D eigenvalue weighted by molar-refractivity contribution is 0.588. The number of halogens is 3. The molecule has 12 heteroatoms. The van der Waals surface area contributed by atoms with Crippen molar-refractivity contribution in [2.75, 3.05) is 17.1 Å². The van der Waals surface area contributed by atoms with Gasteiger partial charge in [-0.25, -0.2) is 23.5 Å². The van der Waals surface area contributed by atoms with Crippen molar-refractivity contribution in [3.63, 3.8) is 0 Å². The topological polar surface area (TPSA) is 109 Å². The fraction of sp³-hybridized carbons (Fsp3) is 0.118. The van der Waals surface area contributed by atoms with Crippen molar-refractivity contribution in [1.82, 2.24) is 19.7 Å². The molecule has 0 amide bonds. The van der Waals surface area contributed by atoms with Crippen LogP contribution in [0.3, 0.4) is 0 Å². The van der Waals surface area contributed by atoms with Crippen LogP contribution < -0.4 is 14.8 Å². The first-order valence-electron chi connectivity index (χ1n) is 8.15. The minimum Gasteiger partial charge on any atom is -0.337 e. The summed E-state index contributed by atoms with van der Waals surface area (Å²) in [6.45, 7) is 0. The Labute approximate surface area is 170 Å². The minimum absolute atomic E-state index is 0.00819. The molecular weight excluding hydrogens is 426 g/mol. The summed E-state index contributed by atoms with van der Waals surface area (Å²) in [6.07, 6.45) is 4.08. The molecule has 0 aliphatic rings. The van der Waals surface area contributed by atoms with Gasteiger partial charge in [0.25, 0.3) is 10.2 Å². The van der Waals surface area contributed by atoms with Gasteiger partial charge in [-0.15, -0.1) is 0 Å². The van der Waals surface area contributed by atoms with Crippen LogP contribution in [0.4, 0.5) is 26.1 Å². The SMILES string of the molecule is CNS(=O)(=O)Nc1nccc(Cc2cncc(Nc3ccc(Cl)cc3F)n2)c1F. The molecule has 0 spiro atoms. The van der Waals surface area contributed by atoms with E-state index in [0.29, 0.717) is 5.69 Å². The van der Waals surface area contributed by atoms with Crippen molar-refractivity contribution in [1.29, 1.82) is 0 Å². The van der Waals surface area contributed by atoms with Gasteiger partial charge in [0.2, 0.25) is 0 Å². The monoisotopic (exact) mass is 440 g/mol. The summed E-state index contributed by atoms with van der Waals surface area (Å²) in [5, 5.41) is 3.03. The maximum absolute atomic E-state index is 14.6. The Kier molecular flexibility index (Phi) is 6.20. The molecule has 8 nitrogen and oxygen atoms in total. The fourth-order valence-electron chi connectivity index (χ4n) is 2.35. The van der Waals surface area contributed by atoms with Crippen molar-refractivity contribution >= 4 is 39.1 Å². The molecule has 0 aliphatic heterocycles. The molecule has 0 aliphatic carbocycles. The number of nitrogens with one attached hydrogen (secondary N) is 3. The third kappa shape index (κ3) is 5.34. The molecule has 0 bridgehead atoms. The Morgan fingerprint density at radius 2 is 1.97 bits per heavy atom. The van der Waals surface area contributed by atoms with E-state index in [1.807, 2.05) is 9.44 Å². The number of hydrogen-bond acceptors (Lipinski definition) is 6. The molecule has 3 N–H and O–H groups in total. The normalized spacial score (nSPS) is 11.3. The zero-order chi connectivity index (χ0) is 21.0. The standard InChI is InChI=1S/C17H15ClF2N6O2S/c1-21-29(27,28)26-17-16(20)10(4-5-23-17)6-12-8-22-9-15(24-12)25-14-3-2-11(18)7-13(14)19/h2-5,7-9,21H,6H2,1H3,(H,23,26)(H,24,25). The zero-order valence-electron chi connectivity index (χ0n) is 14.9. The first kappa shape index (κ1) is 20.8. The molecule has 0 fully saturated rings. The molecule has 2 heterocycles. The number of nitrogens with zero attached hydrogens (tertiary/aromatic N) is 3. The molecule has 152 valence electrons. The van der Waals surface area contributed by atoms with Crippen LogP contribution in [0, 0.1) is 11.6 Å². The van der Waals surface area contributed by atoms with Crippen LogP contribution in [0.25, 0.3) is 0 Å². The summed E-state index contributed by atoms with van der Waals surface area (Å²) in [4.78, 5) is 12.0. The van der Waals surface area contributed by atoms with Crippen molar-refractivity contribution in [2.24, 2.45) is 0 Å². The lowest BCUT2D eigenvalue weighted by Crippen LogP contribution is -2.27. The Morgan fingerprint density at radius 3 is 2.69 bits per heavy atom. The van der Waals surface area contributed by atoms with Gasteiger partial charge in [0, 0.05) is 30.9 Å². The molecule has 0 saturated carbocycles. The van der Waals surface area contributed by atoms with E-state index in [9.17, 15) is 17.2 Å². The molecule has 0 radical (unpaired) electrons. The summed E-state index contributed by atoms with van der Waals surface area (Å²) in [7, 11) is -2.74. The number of anilines is 3. The lowest BCUT2D eigenvalue weighted by atomic mass is 10.1. The third-order valence-electron chi connectivity index (χ3n) is 3.72. The molecule has 3 rings (SSSR count). The number of rotatable bonds is 7. The van der Waals surface area contributed by atoms with Crippen LogP contribution in [0.1, 0.15) is 11.3 Å². The Hall–Kier alpha value is -2.89. The number of aromatic nitrogens is 3. The van der Waals surface area contributed by atoms with Crippen molar-refractivity contribution < 1.29 is 17.2 Å². The predicted octanol–water partition coefficient (Wildman–Crippen LogP) is 3.01. The maximum Gasteiger partial charge on any atom is 0.300 e. The smallest absolute Gasteiger partial charge is 0.300 e. The van der Waals surface area contributed by atoms with E-state index in [1.54, 1.807) is 0 Å². The molecule has 29 heavy (non-hydrogen) atoms. The summed E-state index contributed by atoms with van der Waals surface area (Å²) < 4.78 is 55.7. The summed E-state index contributed by atoms with van der Waals surface area (Å²) in [5.74, 6) is -1.60. The van der Waals surface area contributed by atoms with Crippen LogP contribution in [0.2, 0.25) is 5.02 Å². The van der Waals surface area contributed by atoms with Crippen LogP contribution in [0.5, 0.6) is 0 Å². The molecule has 3 aromatic rings. The summed E-state index contributed by atoms with van der Waals surface area (Å²) in [5.41, 5.74) is 0.675. The number of benzene rings is 1. The highest BCUT2D eigenvalue weighted by Crippen LogP contribution is 2.23. The minimum atomic E-state index is -3.92. The maximum atomic E-state index is 14.6. The van der Waals surface area contributed by atoms with Gasteiger partial charge in [0.1, 0.15) is 11.6 Å².